The topological polar surface area (TPSA) is 94.9 Å². The number of ether oxygens (including phenoxy) is 1. The molecule has 2 heterocycles. The van der Waals surface area contributed by atoms with Crippen LogP contribution in [0.4, 0.5) is 4.79 Å². The van der Waals surface area contributed by atoms with Crippen LogP contribution in [0.15, 0.2) is 42.6 Å². The van der Waals surface area contributed by atoms with Crippen LogP contribution in [0.2, 0.25) is 0 Å². The third kappa shape index (κ3) is 6.14. The van der Waals surface area contributed by atoms with Crippen molar-refractivity contribution in [1.29, 1.82) is 0 Å². The maximum atomic E-state index is 11.8. The number of hydrogen-bond donors (Lipinski definition) is 3. The van der Waals surface area contributed by atoms with Crippen LogP contribution in [0.5, 0.6) is 5.88 Å². The fraction of sp³-hybridized carbons (Fsp3) is 0.571. The van der Waals surface area contributed by atoms with Crippen molar-refractivity contribution in [3.8, 4) is 5.88 Å². The normalized spacial score (nSPS) is 20.3. The highest BCUT2D eigenvalue weighted by atomic mass is 16.5. The van der Waals surface area contributed by atoms with Crippen LogP contribution in [0.25, 0.3) is 0 Å². The van der Waals surface area contributed by atoms with Crippen LogP contribution < -0.4 is 10.1 Å². The maximum absolute atomic E-state index is 11.8. The average Bonchev–Trinajstić information content (AvgIpc) is 2.78. The Kier molecular flexibility index (Phi) is 7.38. The van der Waals surface area contributed by atoms with Crippen molar-refractivity contribution >= 4 is 6.09 Å². The first-order valence-electron chi connectivity index (χ1n) is 12.6. The van der Waals surface area contributed by atoms with Gasteiger partial charge in [-0.2, -0.15) is 0 Å². The Morgan fingerprint density at radius 1 is 1.26 bits per heavy atom. The summed E-state index contributed by atoms with van der Waals surface area (Å²) >= 11 is 0. The Balaban J connectivity index is 1.52. The molecule has 7 nitrogen and oxygen atoms in total. The summed E-state index contributed by atoms with van der Waals surface area (Å²) < 4.78 is 6.37. The predicted octanol–water partition coefficient (Wildman–Crippen LogP) is 4.59. The fourth-order valence-electron chi connectivity index (χ4n) is 5.27. The standard InChI is InChI=1S/C28H39N3O4/c1-27(2,3)15-20-13-21-22(16-28(11-8-12-28)35-25(21)30-17-20)29-18-24(32)23(31(4)26(33)34)14-19-9-6-5-7-10-19/h5-7,9-10,13,17,22-24,29,32H,8,11-12,14-16,18H2,1-4H3,(H,33,34)/t22-,23-,24+/m0/s1. The van der Waals surface area contributed by atoms with Crippen molar-refractivity contribution in [3.63, 3.8) is 0 Å². The van der Waals surface area contributed by atoms with Crippen molar-refractivity contribution in [2.45, 2.75) is 83.1 Å². The van der Waals surface area contributed by atoms with Crippen molar-refractivity contribution in [2.75, 3.05) is 13.6 Å². The predicted molar refractivity (Wildman–Crippen MR) is 136 cm³/mol. The van der Waals surface area contributed by atoms with Crippen molar-refractivity contribution in [1.82, 2.24) is 15.2 Å². The summed E-state index contributed by atoms with van der Waals surface area (Å²) in [6.07, 6.45) is 5.35. The van der Waals surface area contributed by atoms with Gasteiger partial charge in [-0.05, 0) is 54.7 Å². The van der Waals surface area contributed by atoms with Crippen LogP contribution >= 0.6 is 0 Å². The molecule has 1 aliphatic heterocycles. The lowest BCUT2D eigenvalue weighted by Gasteiger charge is -2.47. The first-order valence-corrected chi connectivity index (χ1v) is 12.6. The first kappa shape index (κ1) is 25.5. The zero-order chi connectivity index (χ0) is 25.2. The Morgan fingerprint density at radius 3 is 2.57 bits per heavy atom. The van der Waals surface area contributed by atoms with Crippen molar-refractivity contribution in [2.24, 2.45) is 5.41 Å². The average molecular weight is 482 g/mol. The third-order valence-corrected chi connectivity index (χ3v) is 7.30. The summed E-state index contributed by atoms with van der Waals surface area (Å²) in [5.41, 5.74) is 3.15. The molecule has 1 aromatic carbocycles. The van der Waals surface area contributed by atoms with E-state index >= 15 is 0 Å². The Hall–Kier alpha value is -2.64. The number of amides is 1. The zero-order valence-corrected chi connectivity index (χ0v) is 21.3. The number of aromatic nitrogens is 1. The summed E-state index contributed by atoms with van der Waals surface area (Å²) in [5.74, 6) is 0.684. The molecule has 1 aromatic heterocycles. The molecule has 1 spiro atoms. The summed E-state index contributed by atoms with van der Waals surface area (Å²) in [7, 11) is 1.52. The molecule has 0 bridgehead atoms. The number of likely N-dealkylation sites (N-methyl/N-ethyl adjacent to an activating group) is 1. The largest absolute Gasteiger partial charge is 0.471 e. The smallest absolute Gasteiger partial charge is 0.407 e. The monoisotopic (exact) mass is 481 g/mol. The molecule has 3 N–H and O–H groups in total. The number of aliphatic hydroxyl groups is 1. The number of carbonyl (C=O) groups is 1. The van der Waals surface area contributed by atoms with Gasteiger partial charge in [0.15, 0.2) is 0 Å². The number of pyridine rings is 1. The number of nitrogens with zero attached hydrogens (tertiary/aromatic N) is 2. The number of rotatable bonds is 8. The Labute approximate surface area is 208 Å². The molecule has 3 atom stereocenters. The van der Waals surface area contributed by atoms with Crippen LogP contribution in [0, 0.1) is 5.41 Å². The van der Waals surface area contributed by atoms with E-state index in [-0.39, 0.29) is 23.6 Å². The van der Waals surface area contributed by atoms with Gasteiger partial charge in [0.1, 0.15) is 5.60 Å². The number of nitrogens with one attached hydrogen (secondary N) is 1. The minimum Gasteiger partial charge on any atom is -0.471 e. The fourth-order valence-corrected chi connectivity index (χ4v) is 5.27. The van der Waals surface area contributed by atoms with Gasteiger partial charge in [0.2, 0.25) is 5.88 Å². The lowest BCUT2D eigenvalue weighted by Crippen LogP contribution is -2.52. The highest BCUT2D eigenvalue weighted by molar-refractivity contribution is 5.65. The van der Waals surface area contributed by atoms with Gasteiger partial charge in [-0.3, -0.25) is 0 Å². The van der Waals surface area contributed by atoms with E-state index in [9.17, 15) is 15.0 Å². The van der Waals surface area contributed by atoms with E-state index in [0.29, 0.717) is 12.3 Å². The van der Waals surface area contributed by atoms with Gasteiger partial charge < -0.3 is 25.2 Å². The van der Waals surface area contributed by atoms with E-state index in [1.807, 2.05) is 36.5 Å². The molecule has 190 valence electrons. The molecule has 7 heteroatoms. The minimum atomic E-state index is -1.05. The second kappa shape index (κ2) is 10.2. The second-order valence-corrected chi connectivity index (χ2v) is 11.5. The van der Waals surface area contributed by atoms with Gasteiger partial charge in [-0.25, -0.2) is 9.78 Å². The van der Waals surface area contributed by atoms with E-state index in [1.54, 1.807) is 0 Å². The summed E-state index contributed by atoms with van der Waals surface area (Å²) in [4.78, 5) is 17.7. The summed E-state index contributed by atoms with van der Waals surface area (Å²) in [6, 6.07) is 11.3. The van der Waals surface area contributed by atoms with Gasteiger partial charge in [0.25, 0.3) is 0 Å². The van der Waals surface area contributed by atoms with Crippen molar-refractivity contribution in [3.05, 3.63) is 59.3 Å². The number of carboxylic acid groups (broad SMARTS) is 1. The molecular weight excluding hydrogens is 442 g/mol. The van der Waals surface area contributed by atoms with Gasteiger partial charge in [-0.1, -0.05) is 51.1 Å². The molecule has 1 saturated carbocycles. The molecule has 2 aromatic rings. The molecule has 35 heavy (non-hydrogen) atoms. The van der Waals surface area contributed by atoms with Gasteiger partial charge >= 0.3 is 6.09 Å². The zero-order valence-electron chi connectivity index (χ0n) is 21.3. The van der Waals surface area contributed by atoms with E-state index in [2.05, 4.69) is 37.1 Å². The van der Waals surface area contributed by atoms with E-state index in [4.69, 9.17) is 4.74 Å². The van der Waals surface area contributed by atoms with Gasteiger partial charge in [-0.15, -0.1) is 0 Å². The van der Waals surface area contributed by atoms with E-state index in [1.165, 1.54) is 17.5 Å². The van der Waals surface area contributed by atoms with Crippen LogP contribution in [0.1, 0.15) is 69.2 Å². The van der Waals surface area contributed by atoms with E-state index in [0.717, 1.165) is 43.2 Å². The van der Waals surface area contributed by atoms with Gasteiger partial charge in [0, 0.05) is 37.8 Å². The summed E-state index contributed by atoms with van der Waals surface area (Å²) in [6.45, 7) is 6.91. The Morgan fingerprint density at radius 2 is 1.97 bits per heavy atom. The number of hydrogen-bond acceptors (Lipinski definition) is 5. The van der Waals surface area contributed by atoms with Crippen molar-refractivity contribution < 1.29 is 19.7 Å². The van der Waals surface area contributed by atoms with Crippen LogP contribution in [-0.2, 0) is 12.8 Å². The quantitative estimate of drug-likeness (QED) is 0.511. The highest BCUT2D eigenvalue weighted by Crippen LogP contribution is 2.48. The van der Waals surface area contributed by atoms with Gasteiger partial charge in [0.05, 0.1) is 12.1 Å². The molecule has 0 radical (unpaired) electrons. The number of aliphatic hydroxyl groups excluding tert-OH is 1. The molecule has 1 aliphatic carbocycles. The van der Waals surface area contributed by atoms with Crippen LogP contribution in [-0.4, -0.2) is 57.5 Å². The molecule has 1 fully saturated rings. The molecule has 0 unspecified atom stereocenters. The highest BCUT2D eigenvalue weighted by Gasteiger charge is 2.46. The molecule has 2 aliphatic rings. The molecule has 1 amide bonds. The SMILES string of the molecule is CN(C(=O)O)[C@@H](Cc1ccccc1)[C@H](O)CN[C@H]1CC2(CCC2)Oc2ncc(CC(C)(C)C)cc21. The third-order valence-electron chi connectivity index (χ3n) is 7.30. The molecule has 4 rings (SSSR count). The second-order valence-electron chi connectivity index (χ2n) is 11.5. The van der Waals surface area contributed by atoms with Crippen LogP contribution in [0.3, 0.4) is 0 Å². The minimum absolute atomic E-state index is 0.00590. The molecular formula is C28H39N3O4. The lowest BCUT2D eigenvalue weighted by molar-refractivity contribution is -0.0425. The number of benzene rings is 1. The summed E-state index contributed by atoms with van der Waals surface area (Å²) in [5, 5.41) is 24.4. The number of fused-ring (bicyclic) bond motifs is 1. The molecule has 0 saturated heterocycles. The first-order chi connectivity index (χ1) is 16.6. The Bertz CT molecular complexity index is 1020. The maximum Gasteiger partial charge on any atom is 0.407 e. The van der Waals surface area contributed by atoms with E-state index < -0.39 is 18.2 Å². The lowest BCUT2D eigenvalue weighted by atomic mass is 9.73.